The molecule has 8 nitrogen and oxygen atoms in total. The van der Waals surface area contributed by atoms with Crippen LogP contribution in [0, 0.1) is 6.92 Å². The number of amides is 2. The monoisotopic (exact) mass is 458 g/mol. The van der Waals surface area contributed by atoms with Gasteiger partial charge in [0.1, 0.15) is 11.2 Å². The summed E-state index contributed by atoms with van der Waals surface area (Å²) >= 11 is 6.35. The third-order valence-electron chi connectivity index (χ3n) is 6.30. The van der Waals surface area contributed by atoms with Gasteiger partial charge in [0.05, 0.1) is 13.2 Å². The molecule has 9 heteroatoms. The molecule has 170 valence electrons. The van der Waals surface area contributed by atoms with Crippen molar-refractivity contribution in [3.8, 4) is 0 Å². The Kier molecular flexibility index (Phi) is 5.99. The second kappa shape index (κ2) is 8.58. The van der Waals surface area contributed by atoms with Gasteiger partial charge in [0.25, 0.3) is 5.91 Å². The van der Waals surface area contributed by atoms with E-state index in [4.69, 9.17) is 16.3 Å². The van der Waals surface area contributed by atoms with Crippen molar-refractivity contribution < 1.29 is 19.1 Å². The van der Waals surface area contributed by atoms with Crippen LogP contribution < -0.4 is 10.2 Å². The molecule has 2 amide bonds. The second-order valence-electron chi connectivity index (χ2n) is 8.55. The van der Waals surface area contributed by atoms with Crippen LogP contribution in [0.4, 0.5) is 5.69 Å². The zero-order chi connectivity index (χ0) is 23.0. The van der Waals surface area contributed by atoms with E-state index in [1.807, 2.05) is 6.92 Å². The molecular formula is C23H27ClN4O4. The number of ether oxygens (including phenoxy) is 1. The topological polar surface area (TPSA) is 93.5 Å². The van der Waals surface area contributed by atoms with Crippen molar-refractivity contribution in [2.45, 2.75) is 64.6 Å². The van der Waals surface area contributed by atoms with Crippen LogP contribution in [-0.4, -0.2) is 45.8 Å². The summed E-state index contributed by atoms with van der Waals surface area (Å²) in [6.45, 7) is 5.54. The average Bonchev–Trinajstić information content (AvgIpc) is 3.41. The fourth-order valence-electron chi connectivity index (χ4n) is 4.51. The van der Waals surface area contributed by atoms with Crippen molar-refractivity contribution in [3.05, 3.63) is 46.2 Å². The molecule has 0 saturated heterocycles. The van der Waals surface area contributed by atoms with E-state index in [1.54, 1.807) is 32.0 Å². The van der Waals surface area contributed by atoms with E-state index in [0.717, 1.165) is 25.7 Å². The molecule has 1 aromatic heterocycles. The summed E-state index contributed by atoms with van der Waals surface area (Å²) in [6.07, 6.45) is 3.99. The molecule has 1 aliphatic heterocycles. The molecule has 1 saturated carbocycles. The van der Waals surface area contributed by atoms with Gasteiger partial charge in [-0.2, -0.15) is 5.10 Å². The number of hydrogen-bond acceptors (Lipinski definition) is 5. The third-order valence-corrected chi connectivity index (χ3v) is 6.71. The van der Waals surface area contributed by atoms with E-state index in [9.17, 15) is 14.4 Å². The number of carbonyl (C=O) groups is 3. The third kappa shape index (κ3) is 3.77. The van der Waals surface area contributed by atoms with E-state index >= 15 is 0 Å². The standard InChI is InChI=1S/C23H27ClN4O4/c1-4-32-21(30)17-12-19-20(29)28(18-11-7-10-16(24)14(18)2)23(3,13-27(19)26-17)22(31)25-15-8-5-6-9-15/h7,10-12,15H,4-6,8-9,13H2,1-3H3,(H,25,31)/t23-/m0/s1. The molecule has 32 heavy (non-hydrogen) atoms. The second-order valence-corrected chi connectivity index (χ2v) is 8.95. The Morgan fingerprint density at radius 2 is 2.03 bits per heavy atom. The largest absolute Gasteiger partial charge is 0.461 e. The summed E-state index contributed by atoms with van der Waals surface area (Å²) in [4.78, 5) is 41.0. The normalized spacial score (nSPS) is 20.9. The smallest absolute Gasteiger partial charge is 0.358 e. The molecule has 2 heterocycles. The predicted molar refractivity (Wildman–Crippen MR) is 120 cm³/mol. The van der Waals surface area contributed by atoms with Crippen molar-refractivity contribution in [2.75, 3.05) is 11.5 Å². The number of halogens is 1. The first kappa shape index (κ1) is 22.3. The lowest BCUT2D eigenvalue weighted by Crippen LogP contribution is -2.65. The minimum atomic E-state index is -1.26. The Morgan fingerprint density at radius 1 is 1.31 bits per heavy atom. The Morgan fingerprint density at radius 3 is 2.72 bits per heavy atom. The highest BCUT2D eigenvalue weighted by Gasteiger charge is 2.50. The van der Waals surface area contributed by atoms with Crippen molar-refractivity contribution in [3.63, 3.8) is 0 Å². The molecule has 1 aromatic carbocycles. The highest BCUT2D eigenvalue weighted by molar-refractivity contribution is 6.32. The van der Waals surface area contributed by atoms with E-state index in [0.29, 0.717) is 16.3 Å². The van der Waals surface area contributed by atoms with Gasteiger partial charge in [0.2, 0.25) is 5.91 Å². The predicted octanol–water partition coefficient (Wildman–Crippen LogP) is 3.50. The number of nitrogens with zero attached hydrogens (tertiary/aromatic N) is 3. The fourth-order valence-corrected chi connectivity index (χ4v) is 4.68. The summed E-state index contributed by atoms with van der Waals surface area (Å²) in [5.41, 5.74) is 0.245. The molecular weight excluding hydrogens is 432 g/mol. The average molecular weight is 459 g/mol. The first-order valence-electron chi connectivity index (χ1n) is 10.9. The van der Waals surface area contributed by atoms with Crippen LogP contribution >= 0.6 is 11.6 Å². The number of anilines is 1. The fraction of sp³-hybridized carbons (Fsp3) is 0.478. The number of fused-ring (bicyclic) bond motifs is 1. The minimum Gasteiger partial charge on any atom is -0.461 e. The summed E-state index contributed by atoms with van der Waals surface area (Å²) in [6, 6.07) is 6.78. The van der Waals surface area contributed by atoms with E-state index in [2.05, 4.69) is 10.4 Å². The molecule has 0 unspecified atom stereocenters. The number of nitrogens with one attached hydrogen (secondary N) is 1. The van der Waals surface area contributed by atoms with Crippen molar-refractivity contribution in [1.29, 1.82) is 0 Å². The molecule has 0 spiro atoms. The quantitative estimate of drug-likeness (QED) is 0.692. The van der Waals surface area contributed by atoms with Gasteiger partial charge < -0.3 is 10.1 Å². The van der Waals surface area contributed by atoms with Gasteiger partial charge in [-0.15, -0.1) is 0 Å². The van der Waals surface area contributed by atoms with Crippen molar-refractivity contribution in [2.24, 2.45) is 0 Å². The number of esters is 1. The minimum absolute atomic E-state index is 0.0402. The number of hydrogen-bond donors (Lipinski definition) is 1. The summed E-state index contributed by atoms with van der Waals surface area (Å²) in [5, 5.41) is 7.91. The Labute approximate surface area is 191 Å². The SMILES string of the molecule is CCOC(=O)c1cc2n(n1)C[C@@](C)(C(=O)NC1CCCC1)N(c1cccc(Cl)c1C)C2=O. The van der Waals surface area contributed by atoms with Crippen LogP contribution in [0.3, 0.4) is 0 Å². The van der Waals surface area contributed by atoms with Gasteiger partial charge >= 0.3 is 5.97 Å². The maximum Gasteiger partial charge on any atom is 0.358 e. The Bertz CT molecular complexity index is 1080. The Balaban J connectivity index is 1.80. The molecule has 2 aliphatic rings. The summed E-state index contributed by atoms with van der Waals surface area (Å²) in [5.74, 6) is -1.28. The first-order valence-corrected chi connectivity index (χ1v) is 11.3. The van der Waals surface area contributed by atoms with Crippen molar-refractivity contribution >= 4 is 35.1 Å². The van der Waals surface area contributed by atoms with Gasteiger partial charge in [0.15, 0.2) is 5.69 Å². The van der Waals surface area contributed by atoms with E-state index < -0.39 is 17.4 Å². The number of aromatic nitrogens is 2. The zero-order valence-electron chi connectivity index (χ0n) is 18.5. The molecule has 1 fully saturated rings. The highest BCUT2D eigenvalue weighted by Crippen LogP contribution is 2.37. The molecule has 2 aromatic rings. The lowest BCUT2D eigenvalue weighted by Gasteiger charge is -2.44. The summed E-state index contributed by atoms with van der Waals surface area (Å²) < 4.78 is 6.47. The molecule has 0 radical (unpaired) electrons. The lowest BCUT2D eigenvalue weighted by molar-refractivity contribution is -0.127. The number of benzene rings is 1. The van der Waals surface area contributed by atoms with Gasteiger partial charge in [0, 0.05) is 22.8 Å². The van der Waals surface area contributed by atoms with Crippen LogP contribution in [0.15, 0.2) is 24.3 Å². The lowest BCUT2D eigenvalue weighted by atomic mass is 9.92. The molecule has 1 N–H and O–H groups in total. The van der Waals surface area contributed by atoms with Crippen molar-refractivity contribution in [1.82, 2.24) is 15.1 Å². The van der Waals surface area contributed by atoms with Crippen LogP contribution in [-0.2, 0) is 16.1 Å². The summed E-state index contributed by atoms with van der Waals surface area (Å²) in [7, 11) is 0. The van der Waals surface area contributed by atoms with E-state index in [-0.39, 0.29) is 36.5 Å². The maximum absolute atomic E-state index is 13.7. The van der Waals surface area contributed by atoms with Gasteiger partial charge in [-0.3, -0.25) is 19.2 Å². The van der Waals surface area contributed by atoms with E-state index in [1.165, 1.54) is 15.6 Å². The molecule has 1 atom stereocenters. The number of rotatable bonds is 5. The first-order chi connectivity index (χ1) is 15.3. The van der Waals surface area contributed by atoms with Crippen LogP contribution in [0.1, 0.15) is 66.1 Å². The van der Waals surface area contributed by atoms with Gasteiger partial charge in [-0.05, 0) is 51.3 Å². The van der Waals surface area contributed by atoms with Crippen LogP contribution in [0.2, 0.25) is 5.02 Å². The van der Waals surface area contributed by atoms with Gasteiger partial charge in [-0.25, -0.2) is 4.79 Å². The van der Waals surface area contributed by atoms with Gasteiger partial charge in [-0.1, -0.05) is 30.5 Å². The van der Waals surface area contributed by atoms with Crippen LogP contribution in [0.25, 0.3) is 0 Å². The number of carbonyl (C=O) groups excluding carboxylic acids is 3. The molecule has 4 rings (SSSR count). The zero-order valence-corrected chi connectivity index (χ0v) is 19.2. The molecule has 0 bridgehead atoms. The Hall–Kier alpha value is -2.87. The maximum atomic E-state index is 13.7. The molecule has 1 aliphatic carbocycles. The highest BCUT2D eigenvalue weighted by atomic mass is 35.5. The van der Waals surface area contributed by atoms with Crippen LogP contribution in [0.5, 0.6) is 0 Å².